The summed E-state index contributed by atoms with van der Waals surface area (Å²) in [5.74, 6) is 0.912. The molecule has 3 aromatic rings. The van der Waals surface area contributed by atoms with E-state index in [1.807, 2.05) is 25.3 Å². The van der Waals surface area contributed by atoms with Gasteiger partial charge in [-0.25, -0.2) is 9.97 Å². The van der Waals surface area contributed by atoms with E-state index in [1.165, 1.54) is 11.3 Å². The molecule has 0 atom stereocenters. The molecule has 4 nitrogen and oxygen atoms in total. The molecule has 0 amide bonds. The molecule has 0 unspecified atom stereocenters. The van der Waals surface area contributed by atoms with Crippen molar-refractivity contribution in [1.29, 1.82) is 0 Å². The zero-order valence-corrected chi connectivity index (χ0v) is 12.3. The standard InChI is InChI=1S/C13H13N3OS2/c1-8-3-4-9-10-11(19-12(9)15-8)13(17)16(7-14-10)5-6-18-2/h3-4,7H,5-6H2,1-2H3. The van der Waals surface area contributed by atoms with Gasteiger partial charge in [0.1, 0.15) is 9.53 Å². The van der Waals surface area contributed by atoms with Crippen molar-refractivity contribution < 1.29 is 0 Å². The van der Waals surface area contributed by atoms with E-state index in [4.69, 9.17) is 0 Å². The van der Waals surface area contributed by atoms with E-state index in [2.05, 4.69) is 9.97 Å². The largest absolute Gasteiger partial charge is 0.297 e. The number of hydrogen-bond donors (Lipinski definition) is 0. The fourth-order valence-electron chi connectivity index (χ4n) is 1.99. The molecular weight excluding hydrogens is 278 g/mol. The summed E-state index contributed by atoms with van der Waals surface area (Å²) in [5, 5.41) is 0.972. The number of rotatable bonds is 3. The van der Waals surface area contributed by atoms with Crippen molar-refractivity contribution in [3.05, 3.63) is 34.5 Å². The van der Waals surface area contributed by atoms with Crippen LogP contribution in [0.5, 0.6) is 0 Å². The molecule has 3 aromatic heterocycles. The average molecular weight is 291 g/mol. The predicted octanol–water partition coefficient (Wildman–Crippen LogP) is 2.68. The molecule has 0 saturated carbocycles. The Morgan fingerprint density at radius 1 is 1.42 bits per heavy atom. The molecule has 0 saturated heterocycles. The van der Waals surface area contributed by atoms with Crippen LogP contribution in [-0.2, 0) is 6.54 Å². The fraction of sp³-hybridized carbons (Fsp3) is 0.308. The SMILES string of the molecule is CSCCn1cnc2c(sc3nc(C)ccc32)c1=O. The zero-order chi connectivity index (χ0) is 13.4. The van der Waals surface area contributed by atoms with E-state index in [0.717, 1.165) is 27.2 Å². The lowest BCUT2D eigenvalue weighted by Crippen LogP contribution is -2.20. The maximum atomic E-state index is 12.4. The van der Waals surface area contributed by atoms with Gasteiger partial charge < -0.3 is 0 Å². The minimum absolute atomic E-state index is 0.0414. The van der Waals surface area contributed by atoms with Gasteiger partial charge in [0.05, 0.1) is 11.8 Å². The lowest BCUT2D eigenvalue weighted by atomic mass is 10.3. The van der Waals surface area contributed by atoms with E-state index in [1.54, 1.807) is 22.7 Å². The number of thiophene rings is 1. The van der Waals surface area contributed by atoms with Crippen LogP contribution >= 0.6 is 23.1 Å². The summed E-state index contributed by atoms with van der Waals surface area (Å²) in [4.78, 5) is 22.2. The highest BCUT2D eigenvalue weighted by Crippen LogP contribution is 2.28. The third kappa shape index (κ3) is 2.15. The maximum absolute atomic E-state index is 12.4. The third-order valence-electron chi connectivity index (χ3n) is 2.99. The van der Waals surface area contributed by atoms with E-state index >= 15 is 0 Å². The van der Waals surface area contributed by atoms with Gasteiger partial charge in [0, 0.05) is 23.4 Å². The highest BCUT2D eigenvalue weighted by atomic mass is 32.2. The monoisotopic (exact) mass is 291 g/mol. The van der Waals surface area contributed by atoms with Crippen molar-refractivity contribution in [3.8, 4) is 0 Å². The van der Waals surface area contributed by atoms with Gasteiger partial charge in [0.15, 0.2) is 0 Å². The maximum Gasteiger partial charge on any atom is 0.271 e. The molecule has 0 aliphatic rings. The summed E-state index contributed by atoms with van der Waals surface area (Å²) >= 11 is 3.16. The Hall–Kier alpha value is -1.40. The average Bonchev–Trinajstić information content (AvgIpc) is 2.76. The van der Waals surface area contributed by atoms with Crippen LogP contribution in [0.3, 0.4) is 0 Å². The molecule has 19 heavy (non-hydrogen) atoms. The molecule has 0 aromatic carbocycles. The van der Waals surface area contributed by atoms with E-state index in [0.29, 0.717) is 11.2 Å². The first-order valence-corrected chi connectivity index (χ1v) is 8.16. The van der Waals surface area contributed by atoms with Gasteiger partial charge >= 0.3 is 0 Å². The first-order chi connectivity index (χ1) is 9.20. The molecule has 3 heterocycles. The van der Waals surface area contributed by atoms with Crippen LogP contribution in [0.25, 0.3) is 20.4 Å². The molecule has 3 rings (SSSR count). The number of aryl methyl sites for hydroxylation is 2. The van der Waals surface area contributed by atoms with Crippen molar-refractivity contribution in [2.24, 2.45) is 0 Å². The summed E-state index contributed by atoms with van der Waals surface area (Å²) in [6.07, 6.45) is 3.68. The second-order valence-electron chi connectivity index (χ2n) is 4.32. The summed E-state index contributed by atoms with van der Waals surface area (Å²) in [7, 11) is 0. The summed E-state index contributed by atoms with van der Waals surface area (Å²) < 4.78 is 2.39. The summed E-state index contributed by atoms with van der Waals surface area (Å²) in [6.45, 7) is 2.65. The van der Waals surface area contributed by atoms with Crippen molar-refractivity contribution in [2.45, 2.75) is 13.5 Å². The van der Waals surface area contributed by atoms with Gasteiger partial charge in [-0.2, -0.15) is 11.8 Å². The first kappa shape index (κ1) is 12.6. The molecule has 6 heteroatoms. The highest BCUT2D eigenvalue weighted by molar-refractivity contribution is 7.98. The van der Waals surface area contributed by atoms with Crippen LogP contribution in [0.15, 0.2) is 23.3 Å². The van der Waals surface area contributed by atoms with Crippen LogP contribution in [0.4, 0.5) is 0 Å². The molecule has 0 fully saturated rings. The van der Waals surface area contributed by atoms with Crippen molar-refractivity contribution in [3.63, 3.8) is 0 Å². The molecular formula is C13H13N3OS2. The Morgan fingerprint density at radius 2 is 2.26 bits per heavy atom. The quantitative estimate of drug-likeness (QED) is 0.744. The fourth-order valence-corrected chi connectivity index (χ4v) is 3.49. The minimum Gasteiger partial charge on any atom is -0.297 e. The van der Waals surface area contributed by atoms with Gasteiger partial charge in [-0.3, -0.25) is 9.36 Å². The molecule has 0 aliphatic heterocycles. The number of pyridine rings is 1. The molecule has 0 spiro atoms. The number of fused-ring (bicyclic) bond motifs is 3. The van der Waals surface area contributed by atoms with Crippen molar-refractivity contribution >= 4 is 43.5 Å². The van der Waals surface area contributed by atoms with Gasteiger partial charge in [-0.15, -0.1) is 11.3 Å². The number of nitrogens with zero attached hydrogens (tertiary/aromatic N) is 3. The van der Waals surface area contributed by atoms with Crippen LogP contribution in [0.1, 0.15) is 5.69 Å². The van der Waals surface area contributed by atoms with E-state index in [9.17, 15) is 4.79 Å². The zero-order valence-electron chi connectivity index (χ0n) is 10.7. The van der Waals surface area contributed by atoms with Gasteiger partial charge in [0.25, 0.3) is 5.56 Å². The van der Waals surface area contributed by atoms with Gasteiger partial charge in [0.2, 0.25) is 0 Å². The second-order valence-corrected chi connectivity index (χ2v) is 6.31. The Kier molecular flexibility index (Phi) is 3.28. The molecule has 0 bridgehead atoms. The predicted molar refractivity (Wildman–Crippen MR) is 82.3 cm³/mol. The Balaban J connectivity index is 2.26. The topological polar surface area (TPSA) is 47.8 Å². The normalized spacial score (nSPS) is 11.5. The number of aromatic nitrogens is 3. The summed E-state index contributed by atoms with van der Waals surface area (Å²) in [5.41, 5.74) is 1.78. The smallest absolute Gasteiger partial charge is 0.271 e. The van der Waals surface area contributed by atoms with Crippen molar-refractivity contribution in [2.75, 3.05) is 12.0 Å². The minimum atomic E-state index is 0.0414. The molecule has 98 valence electrons. The Labute approximate surface area is 118 Å². The second kappa shape index (κ2) is 4.94. The lowest BCUT2D eigenvalue weighted by Gasteiger charge is -2.02. The molecule has 0 N–H and O–H groups in total. The first-order valence-electron chi connectivity index (χ1n) is 5.95. The Bertz CT molecular complexity index is 807. The number of thioether (sulfide) groups is 1. The molecule has 0 aliphatic carbocycles. The van der Waals surface area contributed by atoms with Crippen molar-refractivity contribution in [1.82, 2.24) is 14.5 Å². The Morgan fingerprint density at radius 3 is 3.05 bits per heavy atom. The van der Waals surface area contributed by atoms with E-state index < -0.39 is 0 Å². The van der Waals surface area contributed by atoms with Crippen LogP contribution in [-0.4, -0.2) is 26.5 Å². The van der Waals surface area contributed by atoms with Crippen LogP contribution < -0.4 is 5.56 Å². The lowest BCUT2D eigenvalue weighted by molar-refractivity contribution is 0.727. The van der Waals surface area contributed by atoms with Gasteiger partial charge in [-0.05, 0) is 25.3 Å². The third-order valence-corrected chi connectivity index (χ3v) is 4.65. The van der Waals surface area contributed by atoms with Crippen LogP contribution in [0, 0.1) is 6.92 Å². The highest BCUT2D eigenvalue weighted by Gasteiger charge is 2.12. The number of hydrogen-bond acceptors (Lipinski definition) is 5. The van der Waals surface area contributed by atoms with Crippen LogP contribution in [0.2, 0.25) is 0 Å². The molecule has 0 radical (unpaired) electrons. The van der Waals surface area contributed by atoms with Gasteiger partial charge in [-0.1, -0.05) is 0 Å². The van der Waals surface area contributed by atoms with E-state index in [-0.39, 0.29) is 5.56 Å². The summed E-state index contributed by atoms with van der Waals surface area (Å²) in [6, 6.07) is 3.95.